The normalized spacial score (nSPS) is 25.7. The largest absolute Gasteiger partial charge is 0.490 e. The van der Waals surface area contributed by atoms with E-state index in [1.807, 2.05) is 43.3 Å². The van der Waals surface area contributed by atoms with Crippen LogP contribution in [0.4, 0.5) is 0 Å². The Bertz CT molecular complexity index is 1100. The van der Waals surface area contributed by atoms with Gasteiger partial charge in [0.1, 0.15) is 6.61 Å². The highest BCUT2D eigenvalue weighted by atomic mass is 79.9. The average molecular weight is 509 g/mol. The van der Waals surface area contributed by atoms with Gasteiger partial charge in [0.05, 0.1) is 29.1 Å². The Morgan fingerprint density at radius 1 is 1.03 bits per heavy atom. The van der Waals surface area contributed by atoms with Crippen LogP contribution in [0.5, 0.6) is 11.5 Å². The minimum Gasteiger partial charge on any atom is -0.490 e. The van der Waals surface area contributed by atoms with Crippen molar-refractivity contribution in [3.8, 4) is 11.5 Å². The van der Waals surface area contributed by atoms with E-state index < -0.39 is 0 Å². The number of imide groups is 1. The number of hydrogen-bond donors (Lipinski definition) is 0. The molecule has 1 aliphatic heterocycles. The fourth-order valence-electron chi connectivity index (χ4n) is 5.09. The Morgan fingerprint density at radius 3 is 2.30 bits per heavy atom. The van der Waals surface area contributed by atoms with Crippen LogP contribution in [-0.4, -0.2) is 29.6 Å². The SMILES string of the molecule is CCOc1cc(/C=N\N2C(=O)[C@@H]3[C@@H](C2=O)[C@H]2C=C[C@H]3CC2)cc(Br)c1OCc1ccccc1. The number of rotatable bonds is 7. The second-order valence-corrected chi connectivity index (χ2v) is 9.47. The smallest absolute Gasteiger partial charge is 0.254 e. The second kappa shape index (κ2) is 9.14. The van der Waals surface area contributed by atoms with Crippen molar-refractivity contribution >= 4 is 34.0 Å². The molecule has 0 spiro atoms. The van der Waals surface area contributed by atoms with Crippen LogP contribution in [0.25, 0.3) is 0 Å². The molecule has 2 bridgehead atoms. The summed E-state index contributed by atoms with van der Waals surface area (Å²) in [4.78, 5) is 26.0. The minimum absolute atomic E-state index is 0.149. The van der Waals surface area contributed by atoms with E-state index in [1.54, 1.807) is 6.07 Å². The van der Waals surface area contributed by atoms with Crippen LogP contribution in [0.1, 0.15) is 30.9 Å². The van der Waals surface area contributed by atoms with Crippen molar-refractivity contribution in [3.05, 3.63) is 70.2 Å². The van der Waals surface area contributed by atoms with Crippen molar-refractivity contribution in [3.63, 3.8) is 0 Å². The molecule has 4 atom stereocenters. The van der Waals surface area contributed by atoms with E-state index >= 15 is 0 Å². The number of nitrogens with zero attached hydrogens (tertiary/aromatic N) is 2. The first kappa shape index (κ1) is 21.9. The Balaban J connectivity index is 1.36. The molecule has 2 amide bonds. The summed E-state index contributed by atoms with van der Waals surface area (Å²) in [5.74, 6) is 0.557. The molecular weight excluding hydrogens is 484 g/mol. The van der Waals surface area contributed by atoms with Gasteiger partial charge in [0, 0.05) is 0 Å². The van der Waals surface area contributed by atoms with Crippen LogP contribution in [-0.2, 0) is 16.2 Å². The molecule has 7 heteroatoms. The van der Waals surface area contributed by atoms with Gasteiger partial charge in [-0.25, -0.2) is 0 Å². The predicted molar refractivity (Wildman–Crippen MR) is 128 cm³/mol. The number of hydrazone groups is 1. The number of hydrogen-bond acceptors (Lipinski definition) is 5. The first-order chi connectivity index (χ1) is 16.1. The van der Waals surface area contributed by atoms with Gasteiger partial charge in [0.25, 0.3) is 11.8 Å². The van der Waals surface area contributed by atoms with Gasteiger partial charge in [0.2, 0.25) is 0 Å². The molecule has 1 saturated heterocycles. The second-order valence-electron chi connectivity index (χ2n) is 8.61. The molecule has 2 aromatic carbocycles. The summed E-state index contributed by atoms with van der Waals surface area (Å²) in [5.41, 5.74) is 1.75. The minimum atomic E-state index is -0.266. The lowest BCUT2D eigenvalue weighted by molar-refractivity contribution is -0.140. The van der Waals surface area contributed by atoms with Gasteiger partial charge in [-0.1, -0.05) is 42.5 Å². The fraction of sp³-hybridized carbons (Fsp3) is 0.346. The van der Waals surface area contributed by atoms with E-state index in [0.717, 1.165) is 23.4 Å². The summed E-state index contributed by atoms with van der Waals surface area (Å²) < 4.78 is 12.5. The Morgan fingerprint density at radius 2 is 1.70 bits per heavy atom. The molecule has 2 aromatic rings. The molecular formula is C26H25BrN2O4. The summed E-state index contributed by atoms with van der Waals surface area (Å²) in [6.07, 6.45) is 7.68. The molecule has 33 heavy (non-hydrogen) atoms. The van der Waals surface area contributed by atoms with Gasteiger partial charge in [0.15, 0.2) is 11.5 Å². The molecule has 0 radical (unpaired) electrons. The maximum Gasteiger partial charge on any atom is 0.254 e. The van der Waals surface area contributed by atoms with Crippen molar-refractivity contribution < 1.29 is 19.1 Å². The lowest BCUT2D eigenvalue weighted by Gasteiger charge is -2.37. The first-order valence-corrected chi connectivity index (χ1v) is 12.1. The van der Waals surface area contributed by atoms with Crippen molar-refractivity contribution in [2.45, 2.75) is 26.4 Å². The molecule has 0 unspecified atom stereocenters. The Kier molecular flexibility index (Phi) is 6.06. The zero-order valence-electron chi connectivity index (χ0n) is 18.3. The van der Waals surface area contributed by atoms with E-state index in [1.165, 1.54) is 6.21 Å². The molecule has 2 fully saturated rings. The highest BCUT2D eigenvalue weighted by molar-refractivity contribution is 9.10. The van der Waals surface area contributed by atoms with Gasteiger partial charge < -0.3 is 9.47 Å². The number of amides is 2. The van der Waals surface area contributed by atoms with Crippen molar-refractivity contribution in [1.82, 2.24) is 5.01 Å². The predicted octanol–water partition coefficient (Wildman–Crippen LogP) is 4.96. The van der Waals surface area contributed by atoms with Crippen molar-refractivity contribution in [1.29, 1.82) is 0 Å². The van der Waals surface area contributed by atoms with Crippen molar-refractivity contribution in [2.75, 3.05) is 6.61 Å². The Hall–Kier alpha value is -2.93. The molecule has 3 aliphatic carbocycles. The van der Waals surface area contributed by atoms with Crippen LogP contribution < -0.4 is 9.47 Å². The third kappa shape index (κ3) is 4.10. The maximum atomic E-state index is 13.0. The monoisotopic (exact) mass is 508 g/mol. The summed E-state index contributed by atoms with van der Waals surface area (Å²) in [7, 11) is 0. The number of carbonyl (C=O) groups excluding carboxylic acids is 2. The summed E-state index contributed by atoms with van der Waals surface area (Å²) in [6, 6.07) is 13.5. The number of allylic oxidation sites excluding steroid dienone is 2. The number of ether oxygens (including phenoxy) is 2. The highest BCUT2D eigenvalue weighted by Crippen LogP contribution is 2.49. The van der Waals surface area contributed by atoms with Crippen LogP contribution in [0.2, 0.25) is 0 Å². The molecule has 6 rings (SSSR count). The van der Waals surface area contributed by atoms with Crippen molar-refractivity contribution in [2.24, 2.45) is 28.8 Å². The van der Waals surface area contributed by atoms with Crippen LogP contribution >= 0.6 is 15.9 Å². The number of benzene rings is 2. The third-order valence-electron chi connectivity index (χ3n) is 6.62. The van der Waals surface area contributed by atoms with E-state index in [9.17, 15) is 9.59 Å². The van der Waals surface area contributed by atoms with E-state index in [4.69, 9.17) is 9.47 Å². The zero-order valence-corrected chi connectivity index (χ0v) is 19.9. The quantitative estimate of drug-likeness (QED) is 0.301. The summed E-state index contributed by atoms with van der Waals surface area (Å²) in [5, 5.41) is 5.38. The first-order valence-electron chi connectivity index (χ1n) is 11.3. The van der Waals surface area contributed by atoms with Crippen LogP contribution in [0.15, 0.2) is 64.2 Å². The third-order valence-corrected chi connectivity index (χ3v) is 7.21. The molecule has 4 aliphatic rings. The van der Waals surface area contributed by atoms with E-state index in [-0.39, 0.29) is 35.5 Å². The Labute approximate surface area is 201 Å². The zero-order chi connectivity index (χ0) is 22.9. The van der Waals surface area contributed by atoms with E-state index in [2.05, 4.69) is 33.2 Å². The van der Waals surface area contributed by atoms with Gasteiger partial charge in [-0.2, -0.15) is 10.1 Å². The van der Waals surface area contributed by atoms with Gasteiger partial charge in [-0.05, 0) is 70.8 Å². The average Bonchev–Trinajstić information content (AvgIpc) is 3.10. The number of carbonyl (C=O) groups is 2. The van der Waals surface area contributed by atoms with Crippen LogP contribution in [0.3, 0.4) is 0 Å². The van der Waals surface area contributed by atoms with Crippen LogP contribution in [0, 0.1) is 23.7 Å². The van der Waals surface area contributed by atoms with E-state index in [0.29, 0.717) is 34.7 Å². The number of fused-ring (bicyclic) bond motifs is 1. The maximum absolute atomic E-state index is 13.0. The molecule has 0 aromatic heterocycles. The standard InChI is InChI=1S/C26H25BrN2O4/c1-2-32-21-13-17(12-20(27)24(21)33-15-16-6-4-3-5-7-16)14-28-29-25(30)22-18-8-9-19(11-10-18)23(22)26(29)31/h3-9,12-14,18-19,22-23H,2,10-11,15H2,1H3/b28-14-/t18-,19-,22-,23-/m0/s1. The van der Waals surface area contributed by atoms with Gasteiger partial charge in [-0.15, -0.1) is 0 Å². The van der Waals surface area contributed by atoms with Gasteiger partial charge >= 0.3 is 0 Å². The fourth-order valence-corrected chi connectivity index (χ4v) is 5.67. The molecule has 170 valence electrons. The molecule has 1 heterocycles. The highest BCUT2D eigenvalue weighted by Gasteiger charge is 2.56. The molecule has 0 N–H and O–H groups in total. The molecule has 1 saturated carbocycles. The lowest BCUT2D eigenvalue weighted by Crippen LogP contribution is -2.38. The molecule has 6 nitrogen and oxygen atoms in total. The lowest BCUT2D eigenvalue weighted by atomic mass is 9.63. The topological polar surface area (TPSA) is 68.2 Å². The summed E-state index contributed by atoms with van der Waals surface area (Å²) in [6.45, 7) is 2.78. The summed E-state index contributed by atoms with van der Waals surface area (Å²) >= 11 is 3.57. The number of halogens is 1. The van der Waals surface area contributed by atoms with Gasteiger partial charge in [-0.3, -0.25) is 9.59 Å².